The zero-order chi connectivity index (χ0) is 13.0. The number of carbonyl (C=O) groups is 2. The van der Waals surface area contributed by atoms with Crippen LogP contribution in [0.4, 0.5) is 0 Å². The third-order valence-electron chi connectivity index (χ3n) is 2.45. The van der Waals surface area contributed by atoms with Crippen molar-refractivity contribution in [3.05, 3.63) is 17.5 Å². The van der Waals surface area contributed by atoms with Gasteiger partial charge in [0.2, 0.25) is 0 Å². The first-order valence-electron chi connectivity index (χ1n) is 4.99. The van der Waals surface area contributed by atoms with Crippen LogP contribution in [0, 0.1) is 6.92 Å². The number of carbonyl (C=O) groups excluding carboxylic acids is 2. The number of aromatic nitrogens is 2. The molecule has 0 aliphatic rings. The molecule has 0 spiro atoms. The minimum atomic E-state index is -1.06. The highest BCUT2D eigenvalue weighted by atomic mass is 16.5. The number of hydrogen-bond donors (Lipinski definition) is 2. The van der Waals surface area contributed by atoms with Crippen molar-refractivity contribution >= 4 is 11.9 Å². The average Bonchev–Trinajstić information content (AvgIpc) is 2.66. The molecule has 1 aromatic rings. The molecule has 1 amide bonds. The van der Waals surface area contributed by atoms with Crippen molar-refractivity contribution < 1.29 is 19.4 Å². The molecule has 0 radical (unpaired) electrons. The van der Waals surface area contributed by atoms with Gasteiger partial charge in [0, 0.05) is 12.7 Å². The smallest absolute Gasteiger partial charge is 0.330 e. The maximum atomic E-state index is 11.8. The van der Waals surface area contributed by atoms with Gasteiger partial charge in [-0.15, -0.1) is 0 Å². The Bertz CT molecular complexity index is 427. The van der Waals surface area contributed by atoms with E-state index in [0.29, 0.717) is 11.3 Å². The quantitative estimate of drug-likeness (QED) is 0.659. The van der Waals surface area contributed by atoms with Gasteiger partial charge < -0.3 is 15.2 Å². The Morgan fingerprint density at radius 2 is 2.29 bits per heavy atom. The molecule has 0 aromatic carbocycles. The maximum absolute atomic E-state index is 11.8. The van der Waals surface area contributed by atoms with E-state index in [1.165, 1.54) is 13.3 Å². The molecule has 7 heteroatoms. The van der Waals surface area contributed by atoms with Gasteiger partial charge in [-0.1, -0.05) is 0 Å². The summed E-state index contributed by atoms with van der Waals surface area (Å²) in [6.45, 7) is 1.21. The highest BCUT2D eigenvalue weighted by Gasteiger charge is 2.22. The number of ether oxygens (including phenoxy) is 1. The normalized spacial score (nSPS) is 12.0. The third kappa shape index (κ3) is 2.82. The summed E-state index contributed by atoms with van der Waals surface area (Å²) in [6, 6.07) is -1.06. The molecule has 0 saturated carbocycles. The van der Waals surface area contributed by atoms with Crippen molar-refractivity contribution in [2.75, 3.05) is 13.7 Å². The van der Waals surface area contributed by atoms with Crippen LogP contribution in [-0.2, 0) is 16.6 Å². The first-order valence-corrected chi connectivity index (χ1v) is 4.99. The van der Waals surface area contributed by atoms with Gasteiger partial charge in [0.1, 0.15) is 0 Å². The number of rotatable bonds is 4. The summed E-state index contributed by atoms with van der Waals surface area (Å²) in [7, 11) is 2.89. The first kappa shape index (κ1) is 13.2. The number of esters is 1. The molecule has 7 nitrogen and oxygen atoms in total. The lowest BCUT2D eigenvalue weighted by Crippen LogP contribution is -2.44. The van der Waals surface area contributed by atoms with E-state index in [0.717, 1.165) is 0 Å². The third-order valence-corrected chi connectivity index (χ3v) is 2.45. The Morgan fingerprint density at radius 3 is 2.71 bits per heavy atom. The number of nitrogens with one attached hydrogen (secondary N) is 1. The van der Waals surface area contributed by atoms with Crippen LogP contribution in [0.5, 0.6) is 0 Å². The summed E-state index contributed by atoms with van der Waals surface area (Å²) in [4.78, 5) is 23.0. The van der Waals surface area contributed by atoms with Crippen LogP contribution in [-0.4, -0.2) is 46.5 Å². The van der Waals surface area contributed by atoms with Crippen molar-refractivity contribution in [3.63, 3.8) is 0 Å². The fourth-order valence-electron chi connectivity index (χ4n) is 1.28. The van der Waals surface area contributed by atoms with Crippen LogP contribution in [0.1, 0.15) is 16.1 Å². The second-order valence-corrected chi connectivity index (χ2v) is 3.50. The number of aliphatic hydroxyl groups is 1. The SMILES string of the molecule is COC(=O)C(CO)NC(=O)c1cnn(C)c1C. The molecule has 0 aliphatic carbocycles. The van der Waals surface area contributed by atoms with Gasteiger partial charge in [0.15, 0.2) is 6.04 Å². The maximum Gasteiger partial charge on any atom is 0.330 e. The Kier molecular flexibility index (Phi) is 4.22. The van der Waals surface area contributed by atoms with Gasteiger partial charge in [-0.2, -0.15) is 5.10 Å². The van der Waals surface area contributed by atoms with Gasteiger partial charge in [-0.25, -0.2) is 4.79 Å². The van der Waals surface area contributed by atoms with Crippen molar-refractivity contribution in [1.82, 2.24) is 15.1 Å². The Hall–Kier alpha value is -1.89. The zero-order valence-corrected chi connectivity index (χ0v) is 9.93. The summed E-state index contributed by atoms with van der Waals surface area (Å²) in [5.41, 5.74) is 1.03. The summed E-state index contributed by atoms with van der Waals surface area (Å²) < 4.78 is 5.98. The number of aliphatic hydroxyl groups excluding tert-OH is 1. The monoisotopic (exact) mass is 241 g/mol. The molecule has 1 atom stereocenters. The van der Waals surface area contributed by atoms with Gasteiger partial charge >= 0.3 is 5.97 Å². The van der Waals surface area contributed by atoms with Crippen molar-refractivity contribution in [2.24, 2.45) is 7.05 Å². The van der Waals surface area contributed by atoms with Crippen LogP contribution < -0.4 is 5.32 Å². The first-order chi connectivity index (χ1) is 8.01. The van der Waals surface area contributed by atoms with Crippen molar-refractivity contribution in [3.8, 4) is 0 Å². The fourth-order valence-corrected chi connectivity index (χ4v) is 1.28. The second kappa shape index (κ2) is 5.44. The Morgan fingerprint density at radius 1 is 1.65 bits per heavy atom. The minimum absolute atomic E-state index is 0.356. The fraction of sp³-hybridized carbons (Fsp3) is 0.500. The van der Waals surface area contributed by atoms with Crippen LogP contribution in [0.3, 0.4) is 0 Å². The van der Waals surface area contributed by atoms with Gasteiger partial charge in [-0.3, -0.25) is 9.48 Å². The largest absolute Gasteiger partial charge is 0.467 e. The van der Waals surface area contributed by atoms with E-state index >= 15 is 0 Å². The minimum Gasteiger partial charge on any atom is -0.467 e. The van der Waals surface area contributed by atoms with Gasteiger partial charge in [0.25, 0.3) is 5.91 Å². The van der Waals surface area contributed by atoms with Crippen LogP contribution in [0.2, 0.25) is 0 Å². The standard InChI is InChI=1S/C10H15N3O4/c1-6-7(4-11-13(6)2)9(15)12-8(5-14)10(16)17-3/h4,8,14H,5H2,1-3H3,(H,12,15). The predicted octanol–water partition coefficient (Wildman–Crippen LogP) is -1.01. The van der Waals surface area contributed by atoms with Crippen molar-refractivity contribution in [1.29, 1.82) is 0 Å². The molecular weight excluding hydrogens is 226 g/mol. The lowest BCUT2D eigenvalue weighted by atomic mass is 10.2. The molecule has 0 fully saturated rings. The summed E-state index contributed by atoms with van der Waals surface area (Å²) >= 11 is 0. The lowest BCUT2D eigenvalue weighted by molar-refractivity contribution is -0.143. The summed E-state index contributed by atoms with van der Waals surface area (Å²) in [6.07, 6.45) is 1.40. The molecule has 1 heterocycles. The van der Waals surface area contributed by atoms with E-state index in [9.17, 15) is 9.59 Å². The van der Waals surface area contributed by atoms with Crippen LogP contribution >= 0.6 is 0 Å². The number of hydrogen-bond acceptors (Lipinski definition) is 5. The predicted molar refractivity (Wildman–Crippen MR) is 58.3 cm³/mol. The summed E-state index contributed by atoms with van der Waals surface area (Å²) in [5.74, 6) is -1.16. The molecule has 0 bridgehead atoms. The number of nitrogens with zero attached hydrogens (tertiary/aromatic N) is 2. The topological polar surface area (TPSA) is 93.4 Å². The molecule has 2 N–H and O–H groups in total. The molecule has 94 valence electrons. The number of amides is 1. The van der Waals surface area contributed by atoms with Gasteiger partial charge in [0.05, 0.1) is 25.5 Å². The van der Waals surface area contributed by atoms with Crippen molar-refractivity contribution in [2.45, 2.75) is 13.0 Å². The van der Waals surface area contributed by atoms with E-state index in [2.05, 4.69) is 15.2 Å². The Balaban J connectivity index is 2.78. The molecule has 1 aromatic heterocycles. The number of aryl methyl sites for hydroxylation is 1. The van der Waals surface area contributed by atoms with Gasteiger partial charge in [-0.05, 0) is 6.92 Å². The average molecular weight is 241 g/mol. The number of methoxy groups -OCH3 is 1. The van der Waals surface area contributed by atoms with E-state index in [1.807, 2.05) is 0 Å². The summed E-state index contributed by atoms with van der Waals surface area (Å²) in [5, 5.41) is 15.2. The molecule has 0 aliphatic heterocycles. The van der Waals surface area contributed by atoms with Crippen LogP contribution in [0.25, 0.3) is 0 Å². The van der Waals surface area contributed by atoms with E-state index in [-0.39, 0.29) is 0 Å². The van der Waals surface area contributed by atoms with E-state index in [1.54, 1.807) is 18.7 Å². The highest BCUT2D eigenvalue weighted by Crippen LogP contribution is 2.05. The lowest BCUT2D eigenvalue weighted by Gasteiger charge is -2.13. The second-order valence-electron chi connectivity index (χ2n) is 3.50. The molecule has 1 rings (SSSR count). The molecular formula is C10H15N3O4. The molecule has 0 saturated heterocycles. The Labute approximate surface area is 98.4 Å². The van der Waals surface area contributed by atoms with Crippen LogP contribution in [0.15, 0.2) is 6.20 Å². The molecule has 1 unspecified atom stereocenters. The highest BCUT2D eigenvalue weighted by molar-refractivity contribution is 5.97. The van der Waals surface area contributed by atoms with E-state index in [4.69, 9.17) is 5.11 Å². The molecule has 17 heavy (non-hydrogen) atoms. The van der Waals surface area contributed by atoms with E-state index < -0.39 is 24.5 Å². The zero-order valence-electron chi connectivity index (χ0n) is 9.93.